The maximum absolute atomic E-state index is 13.5. The molecule has 126 valence electrons. The van der Waals surface area contributed by atoms with E-state index < -0.39 is 11.2 Å². The molecule has 1 saturated heterocycles. The normalized spacial score (nSPS) is 17.2. The van der Waals surface area contributed by atoms with Gasteiger partial charge in [0.05, 0.1) is 11.7 Å². The van der Waals surface area contributed by atoms with Crippen LogP contribution in [-0.4, -0.2) is 27.3 Å². The van der Waals surface area contributed by atoms with Crippen molar-refractivity contribution in [1.82, 2.24) is 14.9 Å². The maximum Gasteiger partial charge on any atom is 0.259 e. The van der Waals surface area contributed by atoms with Gasteiger partial charge in [-0.2, -0.15) is 0 Å². The fraction of sp³-hybridized carbons (Fsp3) is 0.211. The van der Waals surface area contributed by atoms with E-state index in [0.29, 0.717) is 12.1 Å². The van der Waals surface area contributed by atoms with E-state index in [0.717, 1.165) is 24.6 Å². The number of nitrogens with one attached hydrogen (secondary N) is 1. The van der Waals surface area contributed by atoms with Crippen molar-refractivity contribution in [3.8, 4) is 0 Å². The lowest BCUT2D eigenvalue weighted by Crippen LogP contribution is -2.34. The summed E-state index contributed by atoms with van der Waals surface area (Å²) in [5, 5.41) is 0.180. The number of hydrogen-bond donors (Lipinski definition) is 1. The fourth-order valence-electron chi connectivity index (χ4n) is 3.39. The van der Waals surface area contributed by atoms with Gasteiger partial charge in [0.1, 0.15) is 11.4 Å². The van der Waals surface area contributed by atoms with Crippen LogP contribution in [0.2, 0.25) is 0 Å². The quantitative estimate of drug-likeness (QED) is 0.782. The van der Waals surface area contributed by atoms with Gasteiger partial charge < -0.3 is 9.88 Å². The number of aromatic nitrogens is 2. The first-order valence-corrected chi connectivity index (χ1v) is 8.18. The molecule has 1 amide bonds. The number of hydrogen-bond acceptors (Lipinski definition) is 3. The van der Waals surface area contributed by atoms with Crippen LogP contribution in [-0.2, 0) is 0 Å². The summed E-state index contributed by atoms with van der Waals surface area (Å²) in [6.07, 6.45) is 4.77. The third-order valence-electron chi connectivity index (χ3n) is 4.62. The number of H-pyrrole nitrogens is 1. The molecule has 1 aliphatic rings. The van der Waals surface area contributed by atoms with Gasteiger partial charge in [-0.25, -0.2) is 4.39 Å². The minimum Gasteiger partial charge on any atom is -0.360 e. The SMILES string of the molecule is O=C(c1c[nH]c2ccc(F)cc2c1=O)N1CCC[C@H]1c1ccccn1. The van der Waals surface area contributed by atoms with Crippen LogP contribution in [0, 0.1) is 5.82 Å². The lowest BCUT2D eigenvalue weighted by Gasteiger charge is -2.24. The first-order chi connectivity index (χ1) is 12.1. The zero-order chi connectivity index (χ0) is 17.4. The summed E-state index contributed by atoms with van der Waals surface area (Å²) in [5.74, 6) is -0.851. The number of fused-ring (bicyclic) bond motifs is 1. The molecule has 5 nitrogen and oxygen atoms in total. The van der Waals surface area contributed by atoms with Crippen LogP contribution in [0.5, 0.6) is 0 Å². The molecule has 1 atom stereocenters. The summed E-state index contributed by atoms with van der Waals surface area (Å²) in [6, 6.07) is 9.38. The third kappa shape index (κ3) is 2.69. The van der Waals surface area contributed by atoms with E-state index in [1.807, 2.05) is 18.2 Å². The van der Waals surface area contributed by atoms with Crippen LogP contribution in [0.25, 0.3) is 10.9 Å². The highest BCUT2D eigenvalue weighted by atomic mass is 19.1. The standard InChI is InChI=1S/C19H16FN3O2/c20-12-6-7-15-13(10-12)18(24)14(11-22-15)19(25)23-9-3-5-17(23)16-4-1-2-8-21-16/h1-2,4,6-8,10-11,17H,3,5,9H2,(H,22,24)/t17-/m0/s1. The summed E-state index contributed by atoms with van der Waals surface area (Å²) in [6.45, 7) is 0.570. The Labute approximate surface area is 143 Å². The highest BCUT2D eigenvalue weighted by molar-refractivity contribution is 5.97. The second-order valence-corrected chi connectivity index (χ2v) is 6.13. The Kier molecular flexibility index (Phi) is 3.80. The number of pyridine rings is 2. The monoisotopic (exact) mass is 337 g/mol. The summed E-state index contributed by atoms with van der Waals surface area (Å²) in [5.41, 5.74) is 0.896. The molecular weight excluding hydrogens is 321 g/mol. The molecule has 3 aromatic rings. The van der Waals surface area contributed by atoms with Gasteiger partial charge in [-0.1, -0.05) is 6.07 Å². The van der Waals surface area contributed by atoms with Crippen LogP contribution < -0.4 is 5.43 Å². The van der Waals surface area contributed by atoms with Gasteiger partial charge in [0.25, 0.3) is 5.91 Å². The van der Waals surface area contributed by atoms with Crippen molar-refractivity contribution in [3.63, 3.8) is 0 Å². The number of likely N-dealkylation sites (tertiary alicyclic amines) is 1. The summed E-state index contributed by atoms with van der Waals surface area (Å²) < 4.78 is 13.5. The second-order valence-electron chi connectivity index (χ2n) is 6.13. The number of aromatic amines is 1. The molecule has 0 unspecified atom stereocenters. The van der Waals surface area contributed by atoms with E-state index in [2.05, 4.69) is 9.97 Å². The Balaban J connectivity index is 1.74. The van der Waals surface area contributed by atoms with Crippen molar-refractivity contribution < 1.29 is 9.18 Å². The van der Waals surface area contributed by atoms with Gasteiger partial charge in [-0.3, -0.25) is 14.6 Å². The van der Waals surface area contributed by atoms with E-state index in [1.54, 1.807) is 11.1 Å². The Morgan fingerprint density at radius 3 is 2.96 bits per heavy atom. The number of carbonyl (C=O) groups excluding carboxylic acids is 1. The molecule has 2 aromatic heterocycles. The fourth-order valence-corrected chi connectivity index (χ4v) is 3.39. The molecule has 1 aromatic carbocycles. The molecule has 1 fully saturated rings. The van der Waals surface area contributed by atoms with Crippen LogP contribution in [0.3, 0.4) is 0 Å². The second kappa shape index (κ2) is 6.12. The first kappa shape index (κ1) is 15.5. The number of nitrogens with zero attached hydrogens (tertiary/aromatic N) is 2. The molecule has 1 aliphatic heterocycles. The van der Waals surface area contributed by atoms with Crippen molar-refractivity contribution in [2.24, 2.45) is 0 Å². The van der Waals surface area contributed by atoms with E-state index in [1.165, 1.54) is 18.3 Å². The lowest BCUT2D eigenvalue weighted by atomic mass is 10.1. The lowest BCUT2D eigenvalue weighted by molar-refractivity contribution is 0.0731. The zero-order valence-electron chi connectivity index (χ0n) is 13.4. The van der Waals surface area contributed by atoms with E-state index in [9.17, 15) is 14.0 Å². The number of amides is 1. The predicted molar refractivity (Wildman–Crippen MR) is 91.8 cm³/mol. The largest absolute Gasteiger partial charge is 0.360 e. The third-order valence-corrected chi connectivity index (χ3v) is 4.62. The highest BCUT2D eigenvalue weighted by Gasteiger charge is 2.32. The van der Waals surface area contributed by atoms with Gasteiger partial charge in [0.2, 0.25) is 5.43 Å². The Bertz CT molecular complexity index is 1000. The maximum atomic E-state index is 13.5. The Morgan fingerprint density at radius 2 is 2.16 bits per heavy atom. The molecule has 4 rings (SSSR count). The molecule has 3 heterocycles. The van der Waals surface area contributed by atoms with Crippen molar-refractivity contribution in [2.75, 3.05) is 6.54 Å². The Hall–Kier alpha value is -3.02. The van der Waals surface area contributed by atoms with Crippen LogP contribution in [0.15, 0.2) is 53.6 Å². The van der Waals surface area contributed by atoms with E-state index in [4.69, 9.17) is 0 Å². The van der Waals surface area contributed by atoms with Crippen LogP contribution in [0.4, 0.5) is 4.39 Å². The predicted octanol–water partition coefficient (Wildman–Crippen LogP) is 3.04. The average Bonchev–Trinajstić information content (AvgIpc) is 3.12. The molecule has 0 aliphatic carbocycles. The summed E-state index contributed by atoms with van der Waals surface area (Å²) in [7, 11) is 0. The topological polar surface area (TPSA) is 66.1 Å². The average molecular weight is 337 g/mol. The van der Waals surface area contributed by atoms with Crippen molar-refractivity contribution >= 4 is 16.8 Å². The first-order valence-electron chi connectivity index (χ1n) is 8.18. The minimum absolute atomic E-state index is 0.0286. The molecule has 25 heavy (non-hydrogen) atoms. The van der Waals surface area contributed by atoms with Crippen molar-refractivity contribution in [1.29, 1.82) is 0 Å². The van der Waals surface area contributed by atoms with Crippen LogP contribution in [0.1, 0.15) is 34.9 Å². The Morgan fingerprint density at radius 1 is 1.28 bits per heavy atom. The molecule has 1 N–H and O–H groups in total. The van der Waals surface area contributed by atoms with Gasteiger partial charge in [0, 0.05) is 29.8 Å². The minimum atomic E-state index is -0.505. The van der Waals surface area contributed by atoms with Gasteiger partial charge in [0.15, 0.2) is 0 Å². The molecule has 0 radical (unpaired) electrons. The molecule has 0 bridgehead atoms. The highest BCUT2D eigenvalue weighted by Crippen LogP contribution is 2.31. The van der Waals surface area contributed by atoms with Gasteiger partial charge in [-0.05, 0) is 43.2 Å². The number of halogens is 1. The van der Waals surface area contributed by atoms with Crippen molar-refractivity contribution in [3.05, 3.63) is 76.1 Å². The summed E-state index contributed by atoms with van der Waals surface area (Å²) in [4.78, 5) is 34.6. The number of rotatable bonds is 2. The van der Waals surface area contributed by atoms with Crippen molar-refractivity contribution in [2.45, 2.75) is 18.9 Å². The van der Waals surface area contributed by atoms with E-state index >= 15 is 0 Å². The summed E-state index contributed by atoms with van der Waals surface area (Å²) >= 11 is 0. The molecule has 0 spiro atoms. The molecule has 0 saturated carbocycles. The molecular formula is C19H16FN3O2. The van der Waals surface area contributed by atoms with Crippen LogP contribution >= 0.6 is 0 Å². The number of benzene rings is 1. The smallest absolute Gasteiger partial charge is 0.259 e. The van der Waals surface area contributed by atoms with Gasteiger partial charge in [-0.15, -0.1) is 0 Å². The number of carbonyl (C=O) groups is 1. The zero-order valence-corrected chi connectivity index (χ0v) is 13.4. The molecule has 6 heteroatoms. The van der Waals surface area contributed by atoms with Gasteiger partial charge >= 0.3 is 0 Å². The van der Waals surface area contributed by atoms with E-state index in [-0.39, 0.29) is 22.9 Å².